The Balaban J connectivity index is 0. The lowest BCUT2D eigenvalue weighted by Gasteiger charge is -2.18. The fourth-order valence-electron chi connectivity index (χ4n) is 2.31. The Labute approximate surface area is 155 Å². The van der Waals surface area contributed by atoms with E-state index in [9.17, 15) is 0 Å². The van der Waals surface area contributed by atoms with Crippen molar-refractivity contribution in [1.82, 2.24) is 15.5 Å². The van der Waals surface area contributed by atoms with Crippen molar-refractivity contribution in [1.29, 1.82) is 0 Å². The monoisotopic (exact) mass is 426 g/mol. The van der Waals surface area contributed by atoms with Gasteiger partial charge in [-0.15, -0.1) is 24.0 Å². The van der Waals surface area contributed by atoms with Crippen LogP contribution in [-0.4, -0.2) is 50.6 Å². The molecule has 0 aliphatic rings. The van der Waals surface area contributed by atoms with E-state index in [1.54, 1.807) is 0 Å². The maximum absolute atomic E-state index is 4.27. The van der Waals surface area contributed by atoms with Gasteiger partial charge in [-0.2, -0.15) is 0 Å². The summed E-state index contributed by atoms with van der Waals surface area (Å²) >= 11 is 0. The molecule has 134 valence electrons. The molecule has 0 aromatic heterocycles. The molecular weight excluding hydrogens is 387 g/mol. The number of nitrogens with zero attached hydrogens (tertiary/aromatic N) is 2. The lowest BCUT2D eigenvalue weighted by atomic mass is 10.1. The smallest absolute Gasteiger partial charge is 0.190 e. The number of unbranched alkanes of at least 4 members (excludes halogenated alkanes) is 2. The Hall–Kier alpha value is -0.0400. The van der Waals surface area contributed by atoms with Crippen LogP contribution < -0.4 is 10.6 Å². The van der Waals surface area contributed by atoms with E-state index in [-0.39, 0.29) is 24.0 Å². The number of nitrogens with one attached hydrogen (secondary N) is 2. The largest absolute Gasteiger partial charge is 0.356 e. The van der Waals surface area contributed by atoms with Gasteiger partial charge in [-0.3, -0.25) is 4.99 Å². The third-order valence-corrected chi connectivity index (χ3v) is 3.81. The van der Waals surface area contributed by atoms with Crippen molar-refractivity contribution >= 4 is 29.9 Å². The summed E-state index contributed by atoms with van der Waals surface area (Å²) in [6.07, 6.45) is 6.29. The molecule has 0 saturated carbocycles. The van der Waals surface area contributed by atoms with Gasteiger partial charge in [0.25, 0.3) is 0 Å². The van der Waals surface area contributed by atoms with E-state index in [0.717, 1.165) is 38.1 Å². The Kier molecular flexibility index (Phi) is 19.1. The fraction of sp³-hybridized carbons (Fsp3) is 0.941. The highest BCUT2D eigenvalue weighted by Gasteiger charge is 2.00. The van der Waals surface area contributed by atoms with Crippen LogP contribution in [0.3, 0.4) is 0 Å². The van der Waals surface area contributed by atoms with E-state index in [1.165, 1.54) is 38.6 Å². The van der Waals surface area contributed by atoms with Crippen molar-refractivity contribution in [2.24, 2.45) is 10.9 Å². The van der Waals surface area contributed by atoms with E-state index < -0.39 is 0 Å². The number of hydrogen-bond acceptors (Lipinski definition) is 2. The van der Waals surface area contributed by atoms with E-state index in [4.69, 9.17) is 0 Å². The molecule has 0 amide bonds. The average molecular weight is 426 g/mol. The van der Waals surface area contributed by atoms with Crippen molar-refractivity contribution < 1.29 is 0 Å². The summed E-state index contributed by atoms with van der Waals surface area (Å²) in [6.45, 7) is 14.6. The number of halogens is 1. The third-order valence-electron chi connectivity index (χ3n) is 3.81. The molecular formula is C17H39IN4. The Morgan fingerprint density at radius 2 is 1.50 bits per heavy atom. The van der Waals surface area contributed by atoms with Crippen LogP contribution in [0.25, 0.3) is 0 Å². The average Bonchev–Trinajstić information content (AvgIpc) is 2.48. The van der Waals surface area contributed by atoms with Gasteiger partial charge in [0, 0.05) is 20.1 Å². The fourth-order valence-corrected chi connectivity index (χ4v) is 2.31. The molecule has 0 bridgehead atoms. The zero-order chi connectivity index (χ0) is 15.9. The molecule has 0 atom stereocenters. The van der Waals surface area contributed by atoms with Crippen LogP contribution in [0.4, 0.5) is 0 Å². The van der Waals surface area contributed by atoms with Gasteiger partial charge in [-0.25, -0.2) is 0 Å². The second kappa shape index (κ2) is 17.3. The summed E-state index contributed by atoms with van der Waals surface area (Å²) in [4.78, 5) is 6.74. The van der Waals surface area contributed by atoms with Gasteiger partial charge in [0.2, 0.25) is 0 Å². The lowest BCUT2D eigenvalue weighted by molar-refractivity contribution is 0.297. The molecule has 2 N–H and O–H groups in total. The zero-order valence-electron chi connectivity index (χ0n) is 15.5. The number of rotatable bonds is 12. The first-order chi connectivity index (χ1) is 10.1. The molecule has 0 unspecified atom stereocenters. The van der Waals surface area contributed by atoms with Crippen molar-refractivity contribution in [2.45, 2.75) is 59.8 Å². The van der Waals surface area contributed by atoms with Crippen LogP contribution >= 0.6 is 24.0 Å². The Bertz CT molecular complexity index is 253. The summed E-state index contributed by atoms with van der Waals surface area (Å²) < 4.78 is 0. The molecule has 0 fully saturated rings. The highest BCUT2D eigenvalue weighted by Crippen LogP contribution is 2.04. The van der Waals surface area contributed by atoms with Crippen LogP contribution in [0.5, 0.6) is 0 Å². The van der Waals surface area contributed by atoms with Crippen LogP contribution in [0.1, 0.15) is 59.8 Å². The molecule has 0 heterocycles. The summed E-state index contributed by atoms with van der Waals surface area (Å²) in [5.74, 6) is 1.76. The second-order valence-corrected chi connectivity index (χ2v) is 6.05. The summed E-state index contributed by atoms with van der Waals surface area (Å²) in [7, 11) is 1.85. The third kappa shape index (κ3) is 14.9. The molecule has 0 aromatic carbocycles. The summed E-state index contributed by atoms with van der Waals surface area (Å²) in [5, 5.41) is 6.79. The molecule has 0 saturated heterocycles. The second-order valence-electron chi connectivity index (χ2n) is 6.05. The minimum Gasteiger partial charge on any atom is -0.356 e. The first kappa shape index (κ1) is 24.2. The standard InChI is InChI=1S/C17H38N4.HI/c1-6-21(7-2)15-11-10-14-20-17(18-5)19-13-9-8-12-16(3)4;/h16H,6-15H2,1-5H3,(H2,18,19,20);1H. The zero-order valence-corrected chi connectivity index (χ0v) is 17.8. The van der Waals surface area contributed by atoms with Gasteiger partial charge < -0.3 is 15.5 Å². The van der Waals surface area contributed by atoms with E-state index >= 15 is 0 Å². The molecule has 0 rings (SSSR count). The highest BCUT2D eigenvalue weighted by molar-refractivity contribution is 14.0. The topological polar surface area (TPSA) is 39.7 Å². The molecule has 0 aromatic rings. The maximum Gasteiger partial charge on any atom is 0.190 e. The van der Waals surface area contributed by atoms with Crippen molar-refractivity contribution in [3.8, 4) is 0 Å². The predicted molar refractivity (Wildman–Crippen MR) is 110 cm³/mol. The van der Waals surface area contributed by atoms with Crippen molar-refractivity contribution in [3.63, 3.8) is 0 Å². The molecule has 0 aliphatic carbocycles. The van der Waals surface area contributed by atoms with E-state index in [0.29, 0.717) is 0 Å². The van der Waals surface area contributed by atoms with Crippen LogP contribution in [0.15, 0.2) is 4.99 Å². The Morgan fingerprint density at radius 1 is 0.955 bits per heavy atom. The van der Waals surface area contributed by atoms with Gasteiger partial charge in [0.15, 0.2) is 5.96 Å². The highest BCUT2D eigenvalue weighted by atomic mass is 127. The van der Waals surface area contributed by atoms with E-state index in [1.807, 2.05) is 7.05 Å². The Morgan fingerprint density at radius 3 is 1.95 bits per heavy atom. The minimum atomic E-state index is 0. The molecule has 0 radical (unpaired) electrons. The van der Waals surface area contributed by atoms with Crippen LogP contribution in [-0.2, 0) is 0 Å². The first-order valence-electron chi connectivity index (χ1n) is 8.80. The van der Waals surface area contributed by atoms with Gasteiger partial charge >= 0.3 is 0 Å². The number of aliphatic imine (C=N–C) groups is 1. The van der Waals surface area contributed by atoms with Gasteiger partial charge in [-0.1, -0.05) is 40.5 Å². The molecule has 0 spiro atoms. The van der Waals surface area contributed by atoms with E-state index in [2.05, 4.69) is 48.2 Å². The predicted octanol–water partition coefficient (Wildman–Crippen LogP) is 3.72. The molecule has 4 nitrogen and oxygen atoms in total. The van der Waals surface area contributed by atoms with Crippen molar-refractivity contribution in [3.05, 3.63) is 0 Å². The lowest BCUT2D eigenvalue weighted by Crippen LogP contribution is -2.38. The van der Waals surface area contributed by atoms with Gasteiger partial charge in [-0.05, 0) is 44.8 Å². The number of hydrogen-bond donors (Lipinski definition) is 2. The molecule has 5 heteroatoms. The SMILES string of the molecule is CCN(CC)CCCCNC(=NC)NCCCCC(C)C.I. The normalized spacial score (nSPS) is 11.7. The van der Waals surface area contributed by atoms with Gasteiger partial charge in [0.05, 0.1) is 0 Å². The molecule has 22 heavy (non-hydrogen) atoms. The molecule has 0 aliphatic heterocycles. The summed E-state index contributed by atoms with van der Waals surface area (Å²) in [5.41, 5.74) is 0. The van der Waals surface area contributed by atoms with Crippen LogP contribution in [0.2, 0.25) is 0 Å². The maximum atomic E-state index is 4.27. The summed E-state index contributed by atoms with van der Waals surface area (Å²) in [6, 6.07) is 0. The van der Waals surface area contributed by atoms with Gasteiger partial charge in [0.1, 0.15) is 0 Å². The van der Waals surface area contributed by atoms with Crippen molar-refractivity contribution in [2.75, 3.05) is 39.8 Å². The first-order valence-corrected chi connectivity index (χ1v) is 8.80. The number of guanidine groups is 1. The van der Waals surface area contributed by atoms with Crippen LogP contribution in [0, 0.1) is 5.92 Å². The minimum absolute atomic E-state index is 0. The quantitative estimate of drug-likeness (QED) is 0.216.